The van der Waals surface area contributed by atoms with E-state index in [-0.39, 0.29) is 19.3 Å². The summed E-state index contributed by atoms with van der Waals surface area (Å²) >= 11 is 2.93. The van der Waals surface area contributed by atoms with E-state index in [1.54, 1.807) is 28.3 Å². The van der Waals surface area contributed by atoms with Gasteiger partial charge in [0.15, 0.2) is 0 Å². The van der Waals surface area contributed by atoms with Crippen LogP contribution < -0.4 is 5.32 Å². The first kappa shape index (κ1) is 29.7. The number of carbonyl (C=O) groups is 2. The summed E-state index contributed by atoms with van der Waals surface area (Å²) < 4.78 is 11.1. The molecule has 1 N–H and O–H groups in total. The van der Waals surface area contributed by atoms with Gasteiger partial charge in [-0.1, -0.05) is 60.7 Å². The molecule has 0 radical (unpaired) electrons. The second kappa shape index (κ2) is 14.9. The minimum atomic E-state index is -0.585. The van der Waals surface area contributed by atoms with Gasteiger partial charge < -0.3 is 19.7 Å². The Morgan fingerprint density at radius 3 is 1.86 bits per heavy atom. The zero-order valence-electron chi connectivity index (χ0n) is 23.4. The number of alkyl carbamates (subject to hydrolysis) is 1. The van der Waals surface area contributed by atoms with Crippen molar-refractivity contribution < 1.29 is 19.1 Å². The number of nitrogens with zero attached hydrogens (tertiary/aromatic N) is 4. The molecule has 220 valence electrons. The van der Waals surface area contributed by atoms with Gasteiger partial charge in [-0.25, -0.2) is 9.59 Å². The van der Waals surface area contributed by atoms with Gasteiger partial charge in [0.05, 0.1) is 26.3 Å². The Bertz CT molecular complexity index is 1320. The molecule has 2 aromatic carbocycles. The van der Waals surface area contributed by atoms with Crippen LogP contribution in [0.25, 0.3) is 0 Å². The summed E-state index contributed by atoms with van der Waals surface area (Å²) in [6.07, 6.45) is 4.72. The number of nitrogens with one attached hydrogen (secondary N) is 1. The smallest absolute Gasteiger partial charge is 0.410 e. The summed E-state index contributed by atoms with van der Waals surface area (Å²) in [5, 5.41) is 3.29. The first-order valence-corrected chi connectivity index (χ1v) is 15.7. The number of hydrogen-bond donors (Lipinski definition) is 1. The van der Waals surface area contributed by atoms with Crippen molar-refractivity contribution in [2.24, 2.45) is 0 Å². The number of hydrogen-bond acceptors (Lipinski definition) is 9. The third-order valence-electron chi connectivity index (χ3n) is 7.33. The van der Waals surface area contributed by atoms with Gasteiger partial charge >= 0.3 is 12.2 Å². The highest BCUT2D eigenvalue weighted by Gasteiger charge is 2.34. The Labute approximate surface area is 254 Å². The van der Waals surface area contributed by atoms with E-state index in [9.17, 15) is 9.59 Å². The Morgan fingerprint density at radius 2 is 1.33 bits per heavy atom. The molecule has 1 saturated heterocycles. The van der Waals surface area contributed by atoms with Gasteiger partial charge in [0.2, 0.25) is 0 Å². The van der Waals surface area contributed by atoms with E-state index in [0.717, 1.165) is 40.5 Å². The molecule has 0 atom stereocenters. The molecule has 0 unspecified atom stereocenters. The van der Waals surface area contributed by atoms with E-state index in [0.29, 0.717) is 32.4 Å². The highest BCUT2D eigenvalue weighted by molar-refractivity contribution is 7.09. The number of piperazine rings is 1. The third-order valence-corrected chi connectivity index (χ3v) is 8.83. The molecule has 0 saturated carbocycles. The highest BCUT2D eigenvalue weighted by atomic mass is 32.1. The average Bonchev–Trinajstić information content (AvgIpc) is 3.74. The molecule has 1 aliphatic heterocycles. The number of rotatable bonds is 12. The van der Waals surface area contributed by atoms with Gasteiger partial charge in [-0.3, -0.25) is 14.9 Å². The van der Waals surface area contributed by atoms with Crippen molar-refractivity contribution in [2.75, 3.05) is 32.7 Å². The van der Waals surface area contributed by atoms with Crippen molar-refractivity contribution in [3.8, 4) is 0 Å². The van der Waals surface area contributed by atoms with Crippen LogP contribution in [0.4, 0.5) is 9.59 Å². The van der Waals surface area contributed by atoms with Crippen molar-refractivity contribution in [1.82, 2.24) is 25.1 Å². The fourth-order valence-electron chi connectivity index (χ4n) is 5.13. The third kappa shape index (κ3) is 8.85. The summed E-state index contributed by atoms with van der Waals surface area (Å²) in [5.41, 5.74) is 5.16. The molecular weight excluding hydrogens is 571 g/mol. The molecule has 1 aliphatic rings. The SMILES string of the molecule is O=C(NC(CCN1CCN(C(=O)OCc2cncs2)CC1)(Cc1ccccc1)Cc1ccccc1)OCc1cncs1. The van der Waals surface area contributed by atoms with Gasteiger partial charge in [-0.15, -0.1) is 22.7 Å². The van der Waals surface area contributed by atoms with E-state index >= 15 is 0 Å². The summed E-state index contributed by atoms with van der Waals surface area (Å²) in [7, 11) is 0. The molecule has 42 heavy (non-hydrogen) atoms. The van der Waals surface area contributed by atoms with Crippen LogP contribution in [-0.4, -0.2) is 70.2 Å². The molecular formula is C31H35N5O4S2. The van der Waals surface area contributed by atoms with E-state index in [4.69, 9.17) is 9.47 Å². The number of thiazole rings is 2. The van der Waals surface area contributed by atoms with Crippen molar-refractivity contribution in [3.05, 3.63) is 105 Å². The average molecular weight is 606 g/mol. The van der Waals surface area contributed by atoms with Crippen molar-refractivity contribution >= 4 is 34.9 Å². The normalized spacial score (nSPS) is 14.0. The standard InChI is InChI=1S/C31H35N5O4S2/c37-29(39-21-27-19-32-23-41-27)34-31(17-25-7-3-1-4-8-25,18-26-9-5-2-6-10-26)11-12-35-13-15-36(16-14-35)30(38)40-22-28-20-33-24-42-28/h1-10,19-20,23-24H,11-18,21-22H2,(H,34,37). The van der Waals surface area contributed by atoms with Crippen LogP contribution in [0.5, 0.6) is 0 Å². The fraction of sp³-hybridized carbons (Fsp3) is 0.355. The maximum absolute atomic E-state index is 13.2. The van der Waals surface area contributed by atoms with E-state index in [1.165, 1.54) is 22.7 Å². The predicted octanol–water partition coefficient (Wildman–Crippen LogP) is 5.39. The summed E-state index contributed by atoms with van der Waals surface area (Å²) in [6.45, 7) is 3.85. The molecule has 11 heteroatoms. The van der Waals surface area contributed by atoms with Crippen LogP contribution in [0.2, 0.25) is 0 Å². The van der Waals surface area contributed by atoms with Crippen LogP contribution >= 0.6 is 22.7 Å². The van der Waals surface area contributed by atoms with Gasteiger partial charge in [-0.05, 0) is 30.4 Å². The summed E-state index contributed by atoms with van der Waals surface area (Å²) in [5.74, 6) is 0. The Hall–Kier alpha value is -3.80. The predicted molar refractivity (Wildman–Crippen MR) is 163 cm³/mol. The molecule has 9 nitrogen and oxygen atoms in total. The van der Waals surface area contributed by atoms with Gasteiger partial charge in [0.25, 0.3) is 0 Å². The van der Waals surface area contributed by atoms with Crippen molar-refractivity contribution in [3.63, 3.8) is 0 Å². The number of benzene rings is 2. The number of ether oxygens (including phenoxy) is 2. The maximum Gasteiger partial charge on any atom is 0.410 e. The largest absolute Gasteiger partial charge is 0.444 e. The lowest BCUT2D eigenvalue weighted by atomic mass is 9.81. The zero-order valence-corrected chi connectivity index (χ0v) is 25.0. The molecule has 4 aromatic rings. The first-order chi connectivity index (χ1) is 20.6. The topological polar surface area (TPSA) is 96.9 Å². The fourth-order valence-corrected chi connectivity index (χ4v) is 6.14. The van der Waals surface area contributed by atoms with E-state index < -0.39 is 11.6 Å². The monoisotopic (exact) mass is 605 g/mol. The van der Waals surface area contributed by atoms with E-state index in [2.05, 4.69) is 44.5 Å². The van der Waals surface area contributed by atoms with Gasteiger partial charge in [0.1, 0.15) is 13.2 Å². The minimum absolute atomic E-state index is 0.185. The quantitative estimate of drug-likeness (QED) is 0.231. The Kier molecular flexibility index (Phi) is 10.5. The number of amides is 2. The lowest BCUT2D eigenvalue weighted by molar-refractivity contribution is 0.0685. The molecule has 1 fully saturated rings. The van der Waals surface area contributed by atoms with Crippen LogP contribution in [0, 0.1) is 0 Å². The van der Waals surface area contributed by atoms with Gasteiger partial charge in [0, 0.05) is 45.1 Å². The Morgan fingerprint density at radius 1 is 0.786 bits per heavy atom. The lowest BCUT2D eigenvalue weighted by Crippen LogP contribution is -2.55. The maximum atomic E-state index is 13.2. The second-order valence-electron chi connectivity index (χ2n) is 10.4. The van der Waals surface area contributed by atoms with E-state index in [1.807, 2.05) is 36.4 Å². The number of aromatic nitrogens is 2. The lowest BCUT2D eigenvalue weighted by Gasteiger charge is -2.39. The summed E-state index contributed by atoms with van der Waals surface area (Å²) in [6, 6.07) is 20.5. The second-order valence-corrected chi connectivity index (χ2v) is 12.3. The van der Waals surface area contributed by atoms with Gasteiger partial charge in [-0.2, -0.15) is 0 Å². The molecule has 0 bridgehead atoms. The first-order valence-electron chi connectivity index (χ1n) is 14.0. The molecule has 0 spiro atoms. The number of carbonyl (C=O) groups excluding carboxylic acids is 2. The van der Waals surface area contributed by atoms with Crippen LogP contribution in [0.15, 0.2) is 84.1 Å². The summed E-state index contributed by atoms with van der Waals surface area (Å²) in [4.78, 5) is 39.8. The van der Waals surface area contributed by atoms with Crippen molar-refractivity contribution in [1.29, 1.82) is 0 Å². The van der Waals surface area contributed by atoms with Crippen molar-refractivity contribution in [2.45, 2.75) is 38.0 Å². The zero-order chi connectivity index (χ0) is 29.0. The molecule has 2 aromatic heterocycles. The molecule has 5 rings (SSSR count). The van der Waals surface area contributed by atoms with Crippen LogP contribution in [0.1, 0.15) is 27.3 Å². The minimum Gasteiger partial charge on any atom is -0.444 e. The highest BCUT2D eigenvalue weighted by Crippen LogP contribution is 2.25. The molecule has 2 amide bonds. The van der Waals surface area contributed by atoms with Crippen LogP contribution in [-0.2, 0) is 35.5 Å². The van der Waals surface area contributed by atoms with Crippen LogP contribution in [0.3, 0.4) is 0 Å². The Balaban J connectivity index is 1.25. The molecule has 0 aliphatic carbocycles. The molecule has 3 heterocycles.